The summed E-state index contributed by atoms with van der Waals surface area (Å²) in [7, 11) is 1.65. The first-order valence-electron chi connectivity index (χ1n) is 6.06. The van der Waals surface area contributed by atoms with Gasteiger partial charge in [-0.25, -0.2) is 0 Å². The molecule has 18 heavy (non-hydrogen) atoms. The zero-order chi connectivity index (χ0) is 13.2. The number of ether oxygens (including phenoxy) is 2. The summed E-state index contributed by atoms with van der Waals surface area (Å²) in [5.41, 5.74) is 3.87. The van der Waals surface area contributed by atoms with Crippen LogP contribution in [0.4, 0.5) is 0 Å². The monoisotopic (exact) mass is 272 g/mol. The number of hydrogen-bond acceptors (Lipinski definition) is 4. The Morgan fingerprint density at radius 1 is 1.33 bits per heavy atom. The predicted octanol–water partition coefficient (Wildman–Crippen LogP) is 2.24. The van der Waals surface area contributed by atoms with Gasteiger partial charge < -0.3 is 9.47 Å². The Hall–Kier alpha value is -0.810. The van der Waals surface area contributed by atoms with Gasteiger partial charge in [-0.3, -0.25) is 11.3 Å². The van der Waals surface area contributed by atoms with Crippen LogP contribution in [-0.2, 0) is 4.74 Å². The van der Waals surface area contributed by atoms with Crippen LogP contribution < -0.4 is 16.0 Å². The van der Waals surface area contributed by atoms with E-state index in [4.69, 9.17) is 26.9 Å². The van der Waals surface area contributed by atoms with Crippen molar-refractivity contribution in [2.45, 2.75) is 18.9 Å². The van der Waals surface area contributed by atoms with Gasteiger partial charge >= 0.3 is 0 Å². The van der Waals surface area contributed by atoms with Crippen molar-refractivity contribution in [3.8, 4) is 5.75 Å². The molecule has 0 heterocycles. The van der Waals surface area contributed by atoms with Crippen LogP contribution in [-0.4, -0.2) is 26.2 Å². The molecule has 0 aromatic heterocycles. The number of nitrogens with one attached hydrogen (secondary N) is 1. The van der Waals surface area contributed by atoms with Gasteiger partial charge in [0.1, 0.15) is 12.4 Å². The Kier molecular flexibility index (Phi) is 7.76. The van der Waals surface area contributed by atoms with E-state index in [1.54, 1.807) is 7.11 Å². The average Bonchev–Trinajstić information content (AvgIpc) is 2.41. The van der Waals surface area contributed by atoms with Gasteiger partial charge in [0.05, 0.1) is 6.61 Å². The van der Waals surface area contributed by atoms with Crippen LogP contribution in [0.5, 0.6) is 5.75 Å². The Morgan fingerprint density at radius 3 is 2.78 bits per heavy atom. The van der Waals surface area contributed by atoms with E-state index in [1.807, 2.05) is 24.3 Å². The van der Waals surface area contributed by atoms with Crippen molar-refractivity contribution in [1.82, 2.24) is 5.43 Å². The molecule has 102 valence electrons. The van der Waals surface area contributed by atoms with E-state index in [-0.39, 0.29) is 6.04 Å². The van der Waals surface area contributed by atoms with Gasteiger partial charge in [0, 0.05) is 24.6 Å². The van der Waals surface area contributed by atoms with Crippen molar-refractivity contribution in [1.29, 1.82) is 0 Å². The van der Waals surface area contributed by atoms with Crippen LogP contribution in [0.1, 0.15) is 24.4 Å². The third kappa shape index (κ3) is 4.82. The van der Waals surface area contributed by atoms with E-state index in [1.165, 1.54) is 0 Å². The lowest BCUT2D eigenvalue weighted by molar-refractivity contribution is 0.145. The number of hydrazine groups is 1. The topological polar surface area (TPSA) is 56.5 Å². The molecule has 0 bridgehead atoms. The van der Waals surface area contributed by atoms with Crippen LogP contribution in [0.15, 0.2) is 24.3 Å². The molecular formula is C13H21ClN2O2. The summed E-state index contributed by atoms with van der Waals surface area (Å²) < 4.78 is 10.7. The second-order valence-corrected chi connectivity index (χ2v) is 4.31. The third-order valence-corrected chi connectivity index (χ3v) is 2.93. The smallest absolute Gasteiger partial charge is 0.124 e. The van der Waals surface area contributed by atoms with Gasteiger partial charge in [0.2, 0.25) is 0 Å². The van der Waals surface area contributed by atoms with Crippen molar-refractivity contribution in [2.24, 2.45) is 5.84 Å². The quantitative estimate of drug-likeness (QED) is 0.313. The molecule has 0 fully saturated rings. The number of methoxy groups -OCH3 is 1. The maximum Gasteiger partial charge on any atom is 0.124 e. The van der Waals surface area contributed by atoms with Crippen LogP contribution in [0.25, 0.3) is 0 Å². The maximum absolute atomic E-state index is 5.72. The Labute approximate surface area is 113 Å². The van der Waals surface area contributed by atoms with Gasteiger partial charge in [-0.2, -0.15) is 0 Å². The fourth-order valence-electron chi connectivity index (χ4n) is 1.74. The second kappa shape index (κ2) is 9.16. The summed E-state index contributed by atoms with van der Waals surface area (Å²) in [6, 6.07) is 7.93. The molecule has 1 aromatic carbocycles. The molecule has 0 aliphatic heterocycles. The van der Waals surface area contributed by atoms with Gasteiger partial charge in [0.15, 0.2) is 0 Å². The minimum absolute atomic E-state index is 0.0579. The first-order valence-corrected chi connectivity index (χ1v) is 6.59. The molecule has 0 radical (unpaired) electrons. The predicted molar refractivity (Wildman–Crippen MR) is 73.8 cm³/mol. The van der Waals surface area contributed by atoms with Crippen molar-refractivity contribution in [3.63, 3.8) is 0 Å². The van der Waals surface area contributed by atoms with Crippen molar-refractivity contribution in [3.05, 3.63) is 29.8 Å². The SMILES string of the molecule is COCCOc1ccccc1C(CCCCl)NN. The summed E-state index contributed by atoms with van der Waals surface area (Å²) in [5.74, 6) is 7.07. The number of benzene rings is 1. The van der Waals surface area contributed by atoms with Crippen LogP contribution in [0.3, 0.4) is 0 Å². The summed E-state index contributed by atoms with van der Waals surface area (Å²) >= 11 is 5.72. The lowest BCUT2D eigenvalue weighted by atomic mass is 10.0. The highest BCUT2D eigenvalue weighted by Gasteiger charge is 2.14. The number of alkyl halides is 1. The molecule has 1 unspecified atom stereocenters. The number of halogens is 1. The van der Waals surface area contributed by atoms with Crippen molar-refractivity contribution >= 4 is 11.6 Å². The van der Waals surface area contributed by atoms with E-state index >= 15 is 0 Å². The molecular weight excluding hydrogens is 252 g/mol. The lowest BCUT2D eigenvalue weighted by Gasteiger charge is -2.19. The Balaban J connectivity index is 2.71. The first kappa shape index (κ1) is 15.2. The molecule has 1 aromatic rings. The second-order valence-electron chi connectivity index (χ2n) is 3.93. The van der Waals surface area contributed by atoms with E-state index < -0.39 is 0 Å². The fraction of sp³-hybridized carbons (Fsp3) is 0.538. The van der Waals surface area contributed by atoms with Crippen LogP contribution >= 0.6 is 11.6 Å². The molecule has 1 rings (SSSR count). The Morgan fingerprint density at radius 2 is 2.11 bits per heavy atom. The number of nitrogens with two attached hydrogens (primary N) is 1. The number of rotatable bonds is 9. The minimum atomic E-state index is 0.0579. The van der Waals surface area contributed by atoms with Gasteiger partial charge in [-0.05, 0) is 18.9 Å². The van der Waals surface area contributed by atoms with Gasteiger partial charge in [0.25, 0.3) is 0 Å². The molecule has 0 aliphatic rings. The van der Waals surface area contributed by atoms with E-state index in [0.29, 0.717) is 19.1 Å². The van der Waals surface area contributed by atoms with E-state index in [0.717, 1.165) is 24.2 Å². The summed E-state index contributed by atoms with van der Waals surface area (Å²) in [6.07, 6.45) is 1.79. The highest BCUT2D eigenvalue weighted by Crippen LogP contribution is 2.27. The summed E-state index contributed by atoms with van der Waals surface area (Å²) in [5, 5.41) is 0. The van der Waals surface area contributed by atoms with Crippen molar-refractivity contribution in [2.75, 3.05) is 26.2 Å². The molecule has 5 heteroatoms. The highest BCUT2D eigenvalue weighted by atomic mass is 35.5. The molecule has 0 saturated carbocycles. The Bertz CT molecular complexity index is 337. The molecule has 3 N–H and O–H groups in total. The standard InChI is InChI=1S/C13H21ClN2O2/c1-17-9-10-18-13-7-3-2-5-11(13)12(16-15)6-4-8-14/h2-3,5,7,12,16H,4,6,8-10,15H2,1H3. The highest BCUT2D eigenvalue weighted by molar-refractivity contribution is 6.17. The number of hydrogen-bond donors (Lipinski definition) is 2. The molecule has 1 atom stereocenters. The van der Waals surface area contributed by atoms with E-state index in [2.05, 4.69) is 5.43 Å². The lowest BCUT2D eigenvalue weighted by Crippen LogP contribution is -2.28. The average molecular weight is 273 g/mol. The van der Waals surface area contributed by atoms with Crippen LogP contribution in [0.2, 0.25) is 0 Å². The van der Waals surface area contributed by atoms with E-state index in [9.17, 15) is 0 Å². The normalized spacial score (nSPS) is 12.4. The zero-order valence-electron chi connectivity index (χ0n) is 10.7. The summed E-state index contributed by atoms with van der Waals surface area (Å²) in [6.45, 7) is 1.09. The molecule has 0 saturated heterocycles. The first-order chi connectivity index (χ1) is 8.83. The number of para-hydroxylation sites is 1. The molecule has 0 spiro atoms. The summed E-state index contributed by atoms with van der Waals surface area (Å²) in [4.78, 5) is 0. The van der Waals surface area contributed by atoms with Crippen molar-refractivity contribution < 1.29 is 9.47 Å². The fourth-order valence-corrected chi connectivity index (χ4v) is 1.90. The third-order valence-electron chi connectivity index (χ3n) is 2.67. The van der Waals surface area contributed by atoms with Gasteiger partial charge in [-0.1, -0.05) is 18.2 Å². The minimum Gasteiger partial charge on any atom is -0.491 e. The molecule has 0 aliphatic carbocycles. The van der Waals surface area contributed by atoms with Crippen LogP contribution in [0, 0.1) is 0 Å². The zero-order valence-corrected chi connectivity index (χ0v) is 11.5. The molecule has 0 amide bonds. The van der Waals surface area contributed by atoms with Gasteiger partial charge in [-0.15, -0.1) is 11.6 Å². The largest absolute Gasteiger partial charge is 0.491 e. The maximum atomic E-state index is 5.72. The molecule has 4 nitrogen and oxygen atoms in total.